The molecule has 0 aliphatic carbocycles. The van der Waals surface area contributed by atoms with Gasteiger partial charge in [0.2, 0.25) is 0 Å². The van der Waals surface area contributed by atoms with Crippen molar-refractivity contribution in [3.63, 3.8) is 0 Å². The van der Waals surface area contributed by atoms with E-state index in [4.69, 9.17) is 4.74 Å². The maximum absolute atomic E-state index is 14.5. The summed E-state index contributed by atoms with van der Waals surface area (Å²) in [4.78, 5) is -0.335. The lowest BCUT2D eigenvalue weighted by atomic mass is 9.91. The molecule has 6 heteroatoms. The maximum atomic E-state index is 14.5. The minimum atomic E-state index is -3.66. The molecule has 2 rings (SSSR count). The summed E-state index contributed by atoms with van der Waals surface area (Å²) in [6.07, 6.45) is 2.82. The van der Waals surface area contributed by atoms with E-state index in [1.807, 2.05) is 0 Å². The van der Waals surface area contributed by atoms with Crippen LogP contribution in [0.2, 0.25) is 0 Å². The van der Waals surface area contributed by atoms with Crippen LogP contribution in [0, 0.1) is 5.82 Å². The summed E-state index contributed by atoms with van der Waals surface area (Å²) in [6, 6.07) is 3.16. The third-order valence-electron chi connectivity index (χ3n) is 3.42. The second-order valence-electron chi connectivity index (χ2n) is 4.82. The van der Waals surface area contributed by atoms with Crippen molar-refractivity contribution in [1.82, 2.24) is 5.32 Å². The number of nitrogens with one attached hydrogen (secondary N) is 1. The number of benzene rings is 1. The molecular weight excluding hydrogens is 269 g/mol. The second kappa shape index (κ2) is 5.46. The van der Waals surface area contributed by atoms with Crippen LogP contribution in [-0.2, 0) is 9.84 Å². The summed E-state index contributed by atoms with van der Waals surface area (Å²) in [7, 11) is -2.32. The minimum absolute atomic E-state index is 0.0140. The molecular formula is C13H18FNO3S. The summed E-state index contributed by atoms with van der Waals surface area (Å²) < 4.78 is 42.9. The van der Waals surface area contributed by atoms with Crippen LogP contribution in [0.1, 0.15) is 24.3 Å². The zero-order valence-electron chi connectivity index (χ0n) is 11.1. The molecule has 1 heterocycles. The SMILES string of the molecule is COc1ccc(C2CCCNC2)c(F)c1S(C)(=O)=O. The predicted molar refractivity (Wildman–Crippen MR) is 70.9 cm³/mol. The molecule has 19 heavy (non-hydrogen) atoms. The van der Waals surface area contributed by atoms with Crippen LogP contribution in [0.5, 0.6) is 5.75 Å². The lowest BCUT2D eigenvalue weighted by Crippen LogP contribution is -2.29. The number of methoxy groups -OCH3 is 1. The van der Waals surface area contributed by atoms with Gasteiger partial charge >= 0.3 is 0 Å². The summed E-state index contributed by atoms with van der Waals surface area (Å²) in [5, 5.41) is 3.20. The Labute approximate surface area is 112 Å². The van der Waals surface area contributed by atoms with Gasteiger partial charge in [-0.15, -0.1) is 0 Å². The molecule has 106 valence electrons. The van der Waals surface area contributed by atoms with Crippen molar-refractivity contribution in [2.24, 2.45) is 0 Å². The van der Waals surface area contributed by atoms with E-state index in [1.54, 1.807) is 6.07 Å². The van der Waals surface area contributed by atoms with Gasteiger partial charge in [-0.3, -0.25) is 0 Å². The standard InChI is InChI=1S/C13H18FNO3S/c1-18-11-6-5-10(9-4-3-7-15-8-9)12(14)13(11)19(2,16)17/h5-6,9,15H,3-4,7-8H2,1-2H3. The molecule has 1 saturated heterocycles. The van der Waals surface area contributed by atoms with Gasteiger partial charge in [0.25, 0.3) is 0 Å². The average molecular weight is 287 g/mol. The van der Waals surface area contributed by atoms with Gasteiger partial charge in [-0.25, -0.2) is 12.8 Å². The van der Waals surface area contributed by atoms with E-state index < -0.39 is 15.7 Å². The van der Waals surface area contributed by atoms with E-state index in [2.05, 4.69) is 5.32 Å². The molecule has 0 saturated carbocycles. The number of ether oxygens (including phenoxy) is 1. The average Bonchev–Trinajstić information content (AvgIpc) is 2.37. The monoisotopic (exact) mass is 287 g/mol. The fraction of sp³-hybridized carbons (Fsp3) is 0.538. The molecule has 1 aliphatic heterocycles. The van der Waals surface area contributed by atoms with Crippen LogP contribution in [0.15, 0.2) is 17.0 Å². The van der Waals surface area contributed by atoms with E-state index in [1.165, 1.54) is 13.2 Å². The van der Waals surface area contributed by atoms with Crippen LogP contribution in [0.4, 0.5) is 4.39 Å². The molecule has 4 nitrogen and oxygen atoms in total. The molecule has 1 atom stereocenters. The summed E-state index contributed by atoms with van der Waals surface area (Å²) >= 11 is 0. The lowest BCUT2D eigenvalue weighted by Gasteiger charge is -2.24. The molecule has 0 spiro atoms. The van der Waals surface area contributed by atoms with E-state index >= 15 is 0 Å². The highest BCUT2D eigenvalue weighted by Gasteiger charge is 2.27. The second-order valence-corrected chi connectivity index (χ2v) is 6.77. The molecule has 1 fully saturated rings. The third kappa shape index (κ3) is 2.90. The van der Waals surface area contributed by atoms with Crippen LogP contribution >= 0.6 is 0 Å². The van der Waals surface area contributed by atoms with Crippen molar-refractivity contribution in [2.45, 2.75) is 23.7 Å². The van der Waals surface area contributed by atoms with Crippen molar-refractivity contribution < 1.29 is 17.5 Å². The molecule has 1 N–H and O–H groups in total. The highest BCUT2D eigenvalue weighted by atomic mass is 32.2. The van der Waals surface area contributed by atoms with Gasteiger partial charge < -0.3 is 10.1 Å². The zero-order chi connectivity index (χ0) is 14.0. The van der Waals surface area contributed by atoms with E-state index in [0.29, 0.717) is 12.1 Å². The van der Waals surface area contributed by atoms with Crippen molar-refractivity contribution in [1.29, 1.82) is 0 Å². The van der Waals surface area contributed by atoms with Crippen LogP contribution in [0.25, 0.3) is 0 Å². The first-order valence-electron chi connectivity index (χ1n) is 6.22. The van der Waals surface area contributed by atoms with Crippen molar-refractivity contribution in [3.8, 4) is 5.75 Å². The Morgan fingerprint density at radius 1 is 1.42 bits per heavy atom. The Morgan fingerprint density at radius 2 is 2.16 bits per heavy atom. The quantitative estimate of drug-likeness (QED) is 0.919. The Hall–Kier alpha value is -1.14. The first kappa shape index (κ1) is 14.3. The molecule has 1 aromatic carbocycles. The van der Waals surface area contributed by atoms with Crippen LogP contribution in [0.3, 0.4) is 0 Å². The number of hydrogen-bond acceptors (Lipinski definition) is 4. The van der Waals surface area contributed by atoms with E-state index in [-0.39, 0.29) is 16.6 Å². The van der Waals surface area contributed by atoms with Gasteiger partial charge in [0.05, 0.1) is 7.11 Å². The molecule has 0 aromatic heterocycles. The lowest BCUT2D eigenvalue weighted by molar-refractivity contribution is 0.389. The van der Waals surface area contributed by atoms with Crippen molar-refractivity contribution in [3.05, 3.63) is 23.5 Å². The van der Waals surface area contributed by atoms with Gasteiger partial charge in [-0.05, 0) is 36.9 Å². The first-order valence-corrected chi connectivity index (χ1v) is 8.11. The number of piperidine rings is 1. The van der Waals surface area contributed by atoms with Gasteiger partial charge in [0, 0.05) is 12.8 Å². The first-order chi connectivity index (χ1) is 8.95. The number of rotatable bonds is 3. The minimum Gasteiger partial charge on any atom is -0.495 e. The molecule has 1 aromatic rings. The largest absolute Gasteiger partial charge is 0.495 e. The van der Waals surface area contributed by atoms with E-state index in [0.717, 1.165) is 25.6 Å². The Morgan fingerprint density at radius 3 is 2.68 bits per heavy atom. The van der Waals surface area contributed by atoms with Crippen molar-refractivity contribution in [2.75, 3.05) is 26.5 Å². The molecule has 0 bridgehead atoms. The highest BCUT2D eigenvalue weighted by molar-refractivity contribution is 7.90. The number of sulfone groups is 1. The normalized spacial score (nSPS) is 20.3. The van der Waals surface area contributed by atoms with Gasteiger partial charge in [-0.1, -0.05) is 6.07 Å². The summed E-state index contributed by atoms with van der Waals surface area (Å²) in [5.41, 5.74) is 0.452. The Bertz CT molecular complexity index is 565. The summed E-state index contributed by atoms with van der Waals surface area (Å²) in [6.45, 7) is 1.60. The van der Waals surface area contributed by atoms with Crippen LogP contribution < -0.4 is 10.1 Å². The molecule has 1 aliphatic rings. The summed E-state index contributed by atoms with van der Waals surface area (Å²) in [5.74, 6) is -0.594. The smallest absolute Gasteiger partial charge is 0.182 e. The number of halogens is 1. The molecule has 1 unspecified atom stereocenters. The molecule has 0 amide bonds. The fourth-order valence-corrected chi connectivity index (χ4v) is 3.45. The zero-order valence-corrected chi connectivity index (χ0v) is 11.9. The Kier molecular flexibility index (Phi) is 4.10. The Balaban J connectivity index is 2.53. The third-order valence-corrected chi connectivity index (χ3v) is 4.54. The fourth-order valence-electron chi connectivity index (χ4n) is 2.49. The van der Waals surface area contributed by atoms with Crippen LogP contribution in [-0.4, -0.2) is 34.9 Å². The van der Waals surface area contributed by atoms with Gasteiger partial charge in [0.15, 0.2) is 9.84 Å². The predicted octanol–water partition coefficient (Wildman–Crippen LogP) is 1.70. The topological polar surface area (TPSA) is 55.4 Å². The molecule has 0 radical (unpaired) electrons. The highest BCUT2D eigenvalue weighted by Crippen LogP contribution is 2.34. The number of hydrogen-bond donors (Lipinski definition) is 1. The van der Waals surface area contributed by atoms with E-state index in [9.17, 15) is 12.8 Å². The van der Waals surface area contributed by atoms with Gasteiger partial charge in [-0.2, -0.15) is 0 Å². The van der Waals surface area contributed by atoms with Crippen molar-refractivity contribution >= 4 is 9.84 Å². The van der Waals surface area contributed by atoms with Gasteiger partial charge in [0.1, 0.15) is 16.5 Å². The maximum Gasteiger partial charge on any atom is 0.182 e.